The zero-order valence-corrected chi connectivity index (χ0v) is 13.9. The van der Waals surface area contributed by atoms with Gasteiger partial charge in [0.05, 0.1) is 0 Å². The maximum Gasteiger partial charge on any atom is 0.254 e. The third-order valence-electron chi connectivity index (χ3n) is 4.38. The Morgan fingerprint density at radius 1 is 1.08 bits per heavy atom. The molecule has 0 atom stereocenters. The standard InChI is InChI=1S/C20H22N2O2/c1-2-21(15-16-7-4-3-5-8-16)20(24)17-10-12-18(13-11-17)22-14-6-9-19(22)23/h3-5,7-8,10-13H,2,6,9,14-15H2,1H3. The predicted molar refractivity (Wildman–Crippen MR) is 94.9 cm³/mol. The molecule has 24 heavy (non-hydrogen) atoms. The van der Waals surface area contributed by atoms with Gasteiger partial charge in [0.1, 0.15) is 0 Å². The van der Waals surface area contributed by atoms with Crippen LogP contribution in [-0.4, -0.2) is 29.8 Å². The second-order valence-corrected chi connectivity index (χ2v) is 6.00. The Kier molecular flexibility index (Phi) is 4.94. The average molecular weight is 322 g/mol. The van der Waals surface area contributed by atoms with Crippen LogP contribution in [0.1, 0.15) is 35.7 Å². The molecule has 3 rings (SSSR count). The van der Waals surface area contributed by atoms with Crippen molar-refractivity contribution in [3.8, 4) is 0 Å². The number of carbonyl (C=O) groups excluding carboxylic acids is 2. The predicted octanol–water partition coefficient (Wildman–Crippen LogP) is 3.48. The van der Waals surface area contributed by atoms with E-state index in [4.69, 9.17) is 0 Å². The second kappa shape index (κ2) is 7.30. The maximum atomic E-state index is 12.7. The van der Waals surface area contributed by atoms with Gasteiger partial charge in [-0.15, -0.1) is 0 Å². The van der Waals surface area contributed by atoms with Crippen LogP contribution in [0.2, 0.25) is 0 Å². The normalized spacial score (nSPS) is 14.0. The summed E-state index contributed by atoms with van der Waals surface area (Å²) in [5.41, 5.74) is 2.65. The largest absolute Gasteiger partial charge is 0.335 e. The van der Waals surface area contributed by atoms with Gasteiger partial charge in [-0.05, 0) is 43.2 Å². The van der Waals surface area contributed by atoms with Crippen LogP contribution < -0.4 is 4.90 Å². The summed E-state index contributed by atoms with van der Waals surface area (Å²) in [6.07, 6.45) is 1.52. The molecule has 4 heteroatoms. The molecule has 0 unspecified atom stereocenters. The summed E-state index contributed by atoms with van der Waals surface area (Å²) in [4.78, 5) is 28.1. The molecule has 0 spiro atoms. The van der Waals surface area contributed by atoms with E-state index in [9.17, 15) is 9.59 Å². The Morgan fingerprint density at radius 2 is 1.79 bits per heavy atom. The topological polar surface area (TPSA) is 40.6 Å². The molecule has 0 aromatic heterocycles. The molecule has 4 nitrogen and oxygen atoms in total. The first-order valence-electron chi connectivity index (χ1n) is 8.42. The zero-order valence-electron chi connectivity index (χ0n) is 13.9. The van der Waals surface area contributed by atoms with Crippen molar-refractivity contribution in [2.24, 2.45) is 0 Å². The molecule has 0 saturated carbocycles. The minimum Gasteiger partial charge on any atom is -0.335 e. The molecule has 0 radical (unpaired) electrons. The highest BCUT2D eigenvalue weighted by Crippen LogP contribution is 2.22. The maximum absolute atomic E-state index is 12.7. The van der Waals surface area contributed by atoms with Crippen molar-refractivity contribution in [2.45, 2.75) is 26.3 Å². The quantitative estimate of drug-likeness (QED) is 0.845. The fourth-order valence-electron chi connectivity index (χ4n) is 3.02. The van der Waals surface area contributed by atoms with E-state index >= 15 is 0 Å². The minimum absolute atomic E-state index is 0.0145. The van der Waals surface area contributed by atoms with Crippen molar-refractivity contribution in [3.05, 3.63) is 65.7 Å². The van der Waals surface area contributed by atoms with Crippen LogP contribution in [0.5, 0.6) is 0 Å². The first-order valence-corrected chi connectivity index (χ1v) is 8.42. The lowest BCUT2D eigenvalue weighted by molar-refractivity contribution is -0.117. The summed E-state index contributed by atoms with van der Waals surface area (Å²) in [5, 5.41) is 0. The monoisotopic (exact) mass is 322 g/mol. The van der Waals surface area contributed by atoms with E-state index in [0.717, 1.165) is 24.2 Å². The number of amides is 2. The molecule has 2 aromatic rings. The third kappa shape index (κ3) is 3.48. The lowest BCUT2D eigenvalue weighted by atomic mass is 10.1. The number of benzene rings is 2. The number of nitrogens with zero attached hydrogens (tertiary/aromatic N) is 2. The molecular formula is C20H22N2O2. The lowest BCUT2D eigenvalue weighted by Crippen LogP contribution is -2.30. The highest BCUT2D eigenvalue weighted by atomic mass is 16.2. The molecular weight excluding hydrogens is 300 g/mol. The second-order valence-electron chi connectivity index (χ2n) is 6.00. The Labute approximate surface area is 142 Å². The van der Waals surface area contributed by atoms with Crippen molar-refractivity contribution >= 4 is 17.5 Å². The van der Waals surface area contributed by atoms with Gasteiger partial charge in [0, 0.05) is 37.3 Å². The van der Waals surface area contributed by atoms with E-state index in [-0.39, 0.29) is 11.8 Å². The molecule has 0 bridgehead atoms. The average Bonchev–Trinajstić information content (AvgIpc) is 3.06. The summed E-state index contributed by atoms with van der Waals surface area (Å²) in [5.74, 6) is 0.175. The van der Waals surface area contributed by atoms with Gasteiger partial charge in [0.25, 0.3) is 5.91 Å². The fraction of sp³-hybridized carbons (Fsp3) is 0.300. The lowest BCUT2D eigenvalue weighted by Gasteiger charge is -2.22. The molecule has 1 aliphatic rings. The third-order valence-corrected chi connectivity index (χ3v) is 4.38. The molecule has 0 aliphatic carbocycles. The first kappa shape index (κ1) is 16.2. The number of hydrogen-bond donors (Lipinski definition) is 0. The van der Waals surface area contributed by atoms with E-state index in [1.165, 1.54) is 0 Å². The minimum atomic E-state index is 0.0145. The summed E-state index contributed by atoms with van der Waals surface area (Å²) in [7, 11) is 0. The van der Waals surface area contributed by atoms with Gasteiger partial charge in [-0.25, -0.2) is 0 Å². The van der Waals surface area contributed by atoms with Gasteiger partial charge in [0.15, 0.2) is 0 Å². The number of rotatable bonds is 5. The van der Waals surface area contributed by atoms with Crippen LogP contribution >= 0.6 is 0 Å². The van der Waals surface area contributed by atoms with Gasteiger partial charge in [-0.2, -0.15) is 0 Å². The van der Waals surface area contributed by atoms with Crippen molar-refractivity contribution in [2.75, 3.05) is 18.0 Å². The van der Waals surface area contributed by atoms with Gasteiger partial charge in [-0.1, -0.05) is 30.3 Å². The Hall–Kier alpha value is -2.62. The fourth-order valence-corrected chi connectivity index (χ4v) is 3.02. The van der Waals surface area contributed by atoms with Gasteiger partial charge in [0.2, 0.25) is 5.91 Å². The van der Waals surface area contributed by atoms with E-state index < -0.39 is 0 Å². The van der Waals surface area contributed by atoms with Gasteiger partial charge >= 0.3 is 0 Å². The number of carbonyl (C=O) groups is 2. The molecule has 1 heterocycles. The van der Waals surface area contributed by atoms with Crippen LogP contribution in [0, 0.1) is 0 Å². The first-order chi connectivity index (χ1) is 11.7. The Bertz CT molecular complexity index is 710. The molecule has 1 aliphatic heterocycles. The molecule has 2 aromatic carbocycles. The van der Waals surface area contributed by atoms with Crippen molar-refractivity contribution in [1.29, 1.82) is 0 Å². The molecule has 1 saturated heterocycles. The van der Waals surface area contributed by atoms with Gasteiger partial charge < -0.3 is 9.80 Å². The van der Waals surface area contributed by atoms with Crippen molar-refractivity contribution in [3.63, 3.8) is 0 Å². The van der Waals surface area contributed by atoms with Crippen molar-refractivity contribution in [1.82, 2.24) is 4.90 Å². The summed E-state index contributed by atoms with van der Waals surface area (Å²) in [6.45, 7) is 4.00. The van der Waals surface area contributed by atoms with Crippen molar-refractivity contribution < 1.29 is 9.59 Å². The summed E-state index contributed by atoms with van der Waals surface area (Å²) >= 11 is 0. The van der Waals surface area contributed by atoms with Crippen LogP contribution in [0.15, 0.2) is 54.6 Å². The Morgan fingerprint density at radius 3 is 2.38 bits per heavy atom. The Balaban J connectivity index is 1.72. The number of hydrogen-bond acceptors (Lipinski definition) is 2. The van der Waals surface area contributed by atoms with Crippen LogP contribution in [-0.2, 0) is 11.3 Å². The van der Waals surface area contributed by atoms with Crippen LogP contribution in [0.4, 0.5) is 5.69 Å². The van der Waals surface area contributed by atoms with E-state index in [1.54, 1.807) is 4.90 Å². The highest BCUT2D eigenvalue weighted by molar-refractivity contribution is 5.97. The van der Waals surface area contributed by atoms with Gasteiger partial charge in [-0.3, -0.25) is 9.59 Å². The highest BCUT2D eigenvalue weighted by Gasteiger charge is 2.22. The van der Waals surface area contributed by atoms with E-state index in [2.05, 4.69) is 0 Å². The van der Waals surface area contributed by atoms with E-state index in [1.807, 2.05) is 66.4 Å². The molecule has 124 valence electrons. The number of anilines is 1. The van der Waals surface area contributed by atoms with Crippen LogP contribution in [0.25, 0.3) is 0 Å². The van der Waals surface area contributed by atoms with Crippen LogP contribution in [0.3, 0.4) is 0 Å². The molecule has 2 amide bonds. The molecule has 0 N–H and O–H groups in total. The summed E-state index contributed by atoms with van der Waals surface area (Å²) in [6, 6.07) is 17.4. The zero-order chi connectivity index (χ0) is 16.9. The van der Waals surface area contributed by atoms with E-state index in [0.29, 0.717) is 25.1 Å². The molecule has 1 fully saturated rings. The SMILES string of the molecule is CCN(Cc1ccccc1)C(=O)c1ccc(N2CCCC2=O)cc1. The smallest absolute Gasteiger partial charge is 0.254 e. The summed E-state index contributed by atoms with van der Waals surface area (Å²) < 4.78 is 0.